The van der Waals surface area contributed by atoms with Crippen LogP contribution in [-0.4, -0.2) is 52.3 Å². The normalized spacial score (nSPS) is 38.6. The SMILES string of the molecule is CC(C)(C)C1CCC2CNSC3CCCC(N3)N[C@@H](c3cccc(CN)n3)CC[C@@H]3CN(C2N1)C(C)(C)C3. The molecule has 1 aromatic rings. The highest BCUT2D eigenvalue weighted by Gasteiger charge is 2.47. The van der Waals surface area contributed by atoms with E-state index in [4.69, 9.17) is 10.7 Å². The Hall–Kier alpha value is -0.740. The Morgan fingerprint density at radius 2 is 1.89 bits per heavy atom. The van der Waals surface area contributed by atoms with Crippen LogP contribution in [0.3, 0.4) is 0 Å². The third-order valence-corrected chi connectivity index (χ3v) is 10.6. The molecule has 7 nitrogen and oxygen atoms in total. The van der Waals surface area contributed by atoms with Gasteiger partial charge in [-0.25, -0.2) is 0 Å². The average molecular weight is 544 g/mol. The first-order valence-electron chi connectivity index (χ1n) is 15.2. The lowest BCUT2D eigenvalue weighted by molar-refractivity contribution is 0.00552. The maximum absolute atomic E-state index is 5.97. The largest absolute Gasteiger partial charge is 0.325 e. The lowest BCUT2D eigenvalue weighted by Crippen LogP contribution is -2.63. The Kier molecular flexibility index (Phi) is 9.10. The number of pyridine rings is 1. The van der Waals surface area contributed by atoms with E-state index in [9.17, 15) is 0 Å². The molecule has 0 radical (unpaired) electrons. The van der Waals surface area contributed by atoms with Crippen LogP contribution in [0.1, 0.15) is 103 Å². The van der Waals surface area contributed by atoms with Crippen LogP contribution in [0.4, 0.5) is 0 Å². The molecule has 0 aliphatic carbocycles. The van der Waals surface area contributed by atoms with Crippen molar-refractivity contribution in [2.45, 2.75) is 128 Å². The van der Waals surface area contributed by atoms with Crippen LogP contribution < -0.4 is 26.4 Å². The molecule has 4 bridgehead atoms. The van der Waals surface area contributed by atoms with Crippen LogP contribution in [-0.2, 0) is 6.54 Å². The number of hydrogen-bond donors (Lipinski definition) is 5. The molecule has 6 unspecified atom stereocenters. The predicted molar refractivity (Wildman–Crippen MR) is 159 cm³/mol. The highest BCUT2D eigenvalue weighted by Crippen LogP contribution is 2.41. The van der Waals surface area contributed by atoms with Crippen molar-refractivity contribution in [2.75, 3.05) is 13.1 Å². The first kappa shape index (κ1) is 28.8. The van der Waals surface area contributed by atoms with Gasteiger partial charge < -0.3 is 5.73 Å². The van der Waals surface area contributed by atoms with Gasteiger partial charge in [-0.15, -0.1) is 0 Å². The van der Waals surface area contributed by atoms with E-state index in [1.807, 2.05) is 18.0 Å². The van der Waals surface area contributed by atoms with Gasteiger partial charge in [-0.05, 0) is 88.7 Å². The molecule has 4 aliphatic rings. The minimum atomic E-state index is 0.198. The van der Waals surface area contributed by atoms with E-state index >= 15 is 0 Å². The number of nitrogens with one attached hydrogen (secondary N) is 4. The number of nitrogens with zero attached hydrogens (tertiary/aromatic N) is 2. The van der Waals surface area contributed by atoms with Crippen LogP contribution in [0.25, 0.3) is 0 Å². The molecule has 8 atom stereocenters. The maximum Gasteiger partial charge on any atom is 0.0690 e. The quantitative estimate of drug-likeness (QED) is 0.349. The Balaban J connectivity index is 1.40. The van der Waals surface area contributed by atoms with Gasteiger partial charge in [0.1, 0.15) is 0 Å². The zero-order valence-electron chi connectivity index (χ0n) is 24.4. The molecule has 5 heterocycles. The Morgan fingerprint density at radius 1 is 1.05 bits per heavy atom. The summed E-state index contributed by atoms with van der Waals surface area (Å²) < 4.78 is 3.84. The van der Waals surface area contributed by atoms with Gasteiger partial charge >= 0.3 is 0 Å². The number of fused-ring (bicyclic) bond motifs is 6. The predicted octanol–water partition coefficient (Wildman–Crippen LogP) is 4.47. The van der Waals surface area contributed by atoms with Gasteiger partial charge in [0.15, 0.2) is 0 Å². The summed E-state index contributed by atoms with van der Waals surface area (Å²) in [6, 6.07) is 7.16. The molecule has 5 rings (SSSR count). The molecule has 214 valence electrons. The minimum absolute atomic E-state index is 0.198. The fraction of sp³-hybridized carbons (Fsp3) is 0.833. The molecule has 4 saturated heterocycles. The van der Waals surface area contributed by atoms with Crippen molar-refractivity contribution in [1.29, 1.82) is 0 Å². The molecule has 0 saturated carbocycles. The number of aromatic nitrogens is 1. The molecule has 4 fully saturated rings. The topological polar surface area (TPSA) is 90.3 Å². The van der Waals surface area contributed by atoms with Crippen molar-refractivity contribution >= 4 is 11.9 Å². The van der Waals surface area contributed by atoms with E-state index in [0.717, 1.165) is 30.8 Å². The number of rotatable bonds is 2. The Labute approximate surface area is 235 Å². The van der Waals surface area contributed by atoms with Gasteiger partial charge in [-0.2, -0.15) is 0 Å². The number of piperidine rings is 2. The average Bonchev–Trinajstić information content (AvgIpc) is 3.19. The number of hydrogen-bond acceptors (Lipinski definition) is 8. The van der Waals surface area contributed by atoms with Crippen LogP contribution in [0.15, 0.2) is 18.2 Å². The zero-order chi connectivity index (χ0) is 26.9. The lowest BCUT2D eigenvalue weighted by Gasteiger charge is -2.50. The van der Waals surface area contributed by atoms with Gasteiger partial charge in [0.2, 0.25) is 0 Å². The molecule has 1 aromatic heterocycles. The Bertz CT molecular complexity index is 918. The second-order valence-corrected chi connectivity index (χ2v) is 15.2. The fourth-order valence-electron chi connectivity index (χ4n) is 7.45. The molecule has 0 amide bonds. The third kappa shape index (κ3) is 6.76. The highest BCUT2D eigenvalue weighted by atomic mass is 32.2. The Morgan fingerprint density at radius 3 is 2.68 bits per heavy atom. The van der Waals surface area contributed by atoms with Gasteiger partial charge in [0, 0.05) is 37.1 Å². The smallest absolute Gasteiger partial charge is 0.0690 e. The maximum atomic E-state index is 5.97. The van der Waals surface area contributed by atoms with Gasteiger partial charge in [0.25, 0.3) is 0 Å². The van der Waals surface area contributed by atoms with Crippen LogP contribution in [0, 0.1) is 17.3 Å². The summed E-state index contributed by atoms with van der Waals surface area (Å²) in [5.41, 5.74) is 8.56. The summed E-state index contributed by atoms with van der Waals surface area (Å²) in [6.45, 7) is 14.9. The summed E-state index contributed by atoms with van der Waals surface area (Å²) in [5.74, 6) is 1.32. The first-order valence-corrected chi connectivity index (χ1v) is 16.1. The standard InChI is InChI=1S/C30H53N7S/c1-29(2,3)25-15-13-21-18-32-38-27-11-7-10-26(36-27)34-24(23-9-6-8-22(17-31)33-23)14-12-20-16-30(4,5)37(19-20)28(21)35-25/h6,8-9,20-21,24-28,32,34-36H,7,10-19,31H2,1-5H3/t20-,21?,24+,25?,26?,27?,28?/m0/s1. The summed E-state index contributed by atoms with van der Waals surface area (Å²) in [6.07, 6.45) is 10.5. The molecule has 0 spiro atoms. The molecule has 8 heteroatoms. The van der Waals surface area contributed by atoms with E-state index in [-0.39, 0.29) is 17.0 Å². The van der Waals surface area contributed by atoms with Gasteiger partial charge in [-0.3, -0.25) is 30.6 Å². The lowest BCUT2D eigenvalue weighted by atomic mass is 9.78. The molecule has 6 N–H and O–H groups in total. The molecule has 0 aromatic carbocycles. The second-order valence-electron chi connectivity index (χ2n) is 14.1. The highest BCUT2D eigenvalue weighted by molar-refractivity contribution is 7.98. The van der Waals surface area contributed by atoms with Crippen molar-refractivity contribution in [3.63, 3.8) is 0 Å². The van der Waals surface area contributed by atoms with Crippen molar-refractivity contribution in [3.05, 3.63) is 29.6 Å². The van der Waals surface area contributed by atoms with Crippen LogP contribution in [0.5, 0.6) is 0 Å². The van der Waals surface area contributed by atoms with Gasteiger partial charge in [0.05, 0.1) is 35.1 Å². The van der Waals surface area contributed by atoms with E-state index in [1.165, 1.54) is 45.1 Å². The second kappa shape index (κ2) is 12.0. The fourth-order valence-corrected chi connectivity index (χ4v) is 8.48. The summed E-state index contributed by atoms with van der Waals surface area (Å²) in [5, 5.41) is 12.5. The van der Waals surface area contributed by atoms with Crippen molar-refractivity contribution < 1.29 is 0 Å². The first-order chi connectivity index (χ1) is 18.1. The van der Waals surface area contributed by atoms with E-state index < -0.39 is 0 Å². The summed E-state index contributed by atoms with van der Waals surface area (Å²) >= 11 is 1.91. The van der Waals surface area contributed by atoms with E-state index in [1.54, 1.807) is 0 Å². The minimum Gasteiger partial charge on any atom is -0.325 e. The summed E-state index contributed by atoms with van der Waals surface area (Å²) in [7, 11) is 0. The van der Waals surface area contributed by atoms with Crippen LogP contribution >= 0.6 is 11.9 Å². The van der Waals surface area contributed by atoms with Crippen molar-refractivity contribution in [3.8, 4) is 0 Å². The zero-order valence-corrected chi connectivity index (χ0v) is 25.2. The number of nitrogens with two attached hydrogens (primary N) is 1. The monoisotopic (exact) mass is 543 g/mol. The van der Waals surface area contributed by atoms with Crippen molar-refractivity contribution in [1.82, 2.24) is 30.6 Å². The van der Waals surface area contributed by atoms with Crippen molar-refractivity contribution in [2.24, 2.45) is 23.0 Å². The van der Waals surface area contributed by atoms with E-state index in [2.05, 4.69) is 72.3 Å². The molecule has 38 heavy (non-hydrogen) atoms. The summed E-state index contributed by atoms with van der Waals surface area (Å²) in [4.78, 5) is 7.81. The van der Waals surface area contributed by atoms with Crippen LogP contribution in [0.2, 0.25) is 0 Å². The van der Waals surface area contributed by atoms with Gasteiger partial charge in [-0.1, -0.05) is 38.8 Å². The molecular formula is C30H53N7S. The van der Waals surface area contributed by atoms with E-state index in [0.29, 0.717) is 42.1 Å². The third-order valence-electron chi connectivity index (χ3n) is 9.62. The molecule has 4 aliphatic heterocycles. The molecular weight excluding hydrogens is 490 g/mol.